The number of benzene rings is 1. The van der Waals surface area contributed by atoms with E-state index < -0.39 is 84.0 Å². The first-order valence-corrected chi connectivity index (χ1v) is 17.3. The molecule has 11 N–H and O–H groups in total. The Morgan fingerprint density at radius 3 is 1.90 bits per heavy atom. The molecule has 5 unspecified atom stereocenters. The third kappa shape index (κ3) is 16.1. The molecule has 0 bridgehead atoms. The van der Waals surface area contributed by atoms with E-state index >= 15 is 0 Å². The molecule has 0 fully saturated rings. The van der Waals surface area contributed by atoms with Gasteiger partial charge < -0.3 is 43.8 Å². The molecular formula is C32H52N8O7S. The number of carbonyl (C=O) groups is 7. The molecule has 7 amide bonds. The summed E-state index contributed by atoms with van der Waals surface area (Å²) in [5.41, 5.74) is 17.2. The minimum absolute atomic E-state index is 0.0106. The molecule has 0 saturated carbocycles. The van der Waals surface area contributed by atoms with Gasteiger partial charge in [0.15, 0.2) is 0 Å². The van der Waals surface area contributed by atoms with Gasteiger partial charge in [0.1, 0.15) is 24.2 Å². The molecule has 0 radical (unpaired) electrons. The first-order chi connectivity index (χ1) is 22.5. The van der Waals surface area contributed by atoms with Crippen molar-refractivity contribution in [3.63, 3.8) is 0 Å². The van der Waals surface area contributed by atoms with Crippen molar-refractivity contribution in [1.29, 1.82) is 0 Å². The third-order valence-corrected chi connectivity index (χ3v) is 7.90. The molecule has 0 heterocycles. The van der Waals surface area contributed by atoms with Crippen LogP contribution in [0.15, 0.2) is 30.3 Å². The largest absolute Gasteiger partial charge is 0.370 e. The highest BCUT2D eigenvalue weighted by molar-refractivity contribution is 7.98. The maximum absolute atomic E-state index is 13.5. The highest BCUT2D eigenvalue weighted by atomic mass is 32.2. The number of rotatable bonds is 22. The van der Waals surface area contributed by atoms with Crippen molar-refractivity contribution >= 4 is 53.1 Å². The summed E-state index contributed by atoms with van der Waals surface area (Å²) in [6.07, 6.45) is 2.43. The van der Waals surface area contributed by atoms with Gasteiger partial charge in [0, 0.05) is 12.8 Å². The van der Waals surface area contributed by atoms with Gasteiger partial charge in [-0.15, -0.1) is 0 Å². The highest BCUT2D eigenvalue weighted by Gasteiger charge is 2.31. The summed E-state index contributed by atoms with van der Waals surface area (Å²) < 4.78 is 0. The molecule has 0 aromatic heterocycles. The second-order valence-corrected chi connectivity index (χ2v) is 13.3. The Morgan fingerprint density at radius 1 is 0.750 bits per heavy atom. The van der Waals surface area contributed by atoms with Gasteiger partial charge in [-0.2, -0.15) is 11.8 Å². The fraction of sp³-hybridized carbons (Fsp3) is 0.594. The number of nitrogens with two attached hydrogens (primary N) is 3. The van der Waals surface area contributed by atoms with Crippen LogP contribution in [0.25, 0.3) is 0 Å². The van der Waals surface area contributed by atoms with Crippen LogP contribution in [0.2, 0.25) is 0 Å². The molecular weight excluding hydrogens is 640 g/mol. The van der Waals surface area contributed by atoms with Crippen molar-refractivity contribution in [2.75, 3.05) is 18.6 Å². The van der Waals surface area contributed by atoms with Crippen molar-refractivity contribution in [2.24, 2.45) is 29.0 Å². The van der Waals surface area contributed by atoms with Crippen LogP contribution >= 0.6 is 11.8 Å². The summed E-state index contributed by atoms with van der Waals surface area (Å²) in [5, 5.41) is 13.0. The Bertz CT molecular complexity index is 1250. The molecule has 1 aromatic carbocycles. The van der Waals surface area contributed by atoms with Crippen LogP contribution in [-0.2, 0) is 40.0 Å². The van der Waals surface area contributed by atoms with Gasteiger partial charge in [0.05, 0.1) is 12.6 Å². The van der Waals surface area contributed by atoms with Crippen LogP contribution < -0.4 is 43.8 Å². The molecule has 1 rings (SSSR count). The van der Waals surface area contributed by atoms with Crippen LogP contribution in [0.5, 0.6) is 0 Å². The van der Waals surface area contributed by atoms with E-state index in [0.29, 0.717) is 12.2 Å². The quantitative estimate of drug-likeness (QED) is 0.0726. The van der Waals surface area contributed by atoms with Crippen LogP contribution in [0.3, 0.4) is 0 Å². The monoisotopic (exact) mass is 692 g/mol. The Labute approximate surface area is 286 Å². The molecule has 15 nitrogen and oxygen atoms in total. The fourth-order valence-corrected chi connectivity index (χ4v) is 5.05. The first kappa shape index (κ1) is 41.8. The van der Waals surface area contributed by atoms with E-state index in [4.69, 9.17) is 17.2 Å². The molecule has 0 aliphatic heterocycles. The Morgan fingerprint density at radius 2 is 1.35 bits per heavy atom. The summed E-state index contributed by atoms with van der Waals surface area (Å²) in [6, 6.07) is 3.72. The van der Waals surface area contributed by atoms with Crippen molar-refractivity contribution in [1.82, 2.24) is 26.6 Å². The lowest BCUT2D eigenvalue weighted by Crippen LogP contribution is -2.58. The smallest absolute Gasteiger partial charge is 0.243 e. The minimum Gasteiger partial charge on any atom is -0.370 e. The normalized spacial score (nSPS) is 14.2. The lowest BCUT2D eigenvalue weighted by Gasteiger charge is -2.26. The van der Waals surface area contributed by atoms with E-state index in [1.807, 2.05) is 20.1 Å². The molecule has 268 valence electrons. The van der Waals surface area contributed by atoms with Crippen LogP contribution in [0, 0.1) is 11.8 Å². The average molecular weight is 693 g/mol. The molecule has 16 heteroatoms. The van der Waals surface area contributed by atoms with Gasteiger partial charge in [0.25, 0.3) is 0 Å². The summed E-state index contributed by atoms with van der Waals surface area (Å²) in [7, 11) is 0. The lowest BCUT2D eigenvalue weighted by atomic mass is 10.0. The number of nitrogens with one attached hydrogen (secondary N) is 5. The number of thioether (sulfide) groups is 1. The molecule has 0 aliphatic rings. The Kier molecular flexibility index (Phi) is 18.9. The van der Waals surface area contributed by atoms with Crippen molar-refractivity contribution in [2.45, 2.75) is 90.0 Å². The van der Waals surface area contributed by atoms with Gasteiger partial charge in [-0.25, -0.2) is 0 Å². The van der Waals surface area contributed by atoms with Crippen molar-refractivity contribution in [3.8, 4) is 0 Å². The Balaban J connectivity index is 2.97. The summed E-state index contributed by atoms with van der Waals surface area (Å²) in [6.45, 7) is 6.64. The topological polar surface area (TPSA) is 258 Å². The van der Waals surface area contributed by atoms with Gasteiger partial charge in [0.2, 0.25) is 41.4 Å². The van der Waals surface area contributed by atoms with Gasteiger partial charge in [-0.05, 0) is 48.7 Å². The summed E-state index contributed by atoms with van der Waals surface area (Å²) >= 11 is 1.50. The third-order valence-electron chi connectivity index (χ3n) is 7.25. The van der Waals surface area contributed by atoms with Crippen LogP contribution in [0.1, 0.15) is 58.9 Å². The van der Waals surface area contributed by atoms with E-state index in [1.54, 1.807) is 44.2 Å². The van der Waals surface area contributed by atoms with Crippen LogP contribution in [-0.4, -0.2) is 90.1 Å². The number of hydrogen-bond acceptors (Lipinski definition) is 9. The summed E-state index contributed by atoms with van der Waals surface area (Å²) in [4.78, 5) is 88.3. The summed E-state index contributed by atoms with van der Waals surface area (Å²) in [5.74, 6) is -4.33. The van der Waals surface area contributed by atoms with Crippen molar-refractivity contribution in [3.05, 3.63) is 35.9 Å². The fourth-order valence-electron chi connectivity index (χ4n) is 4.57. The maximum Gasteiger partial charge on any atom is 0.243 e. The number of primary amides is 2. The average Bonchev–Trinajstić information content (AvgIpc) is 3.02. The number of carbonyl (C=O) groups excluding carboxylic acids is 7. The van der Waals surface area contributed by atoms with E-state index in [-0.39, 0.29) is 31.6 Å². The predicted molar refractivity (Wildman–Crippen MR) is 184 cm³/mol. The van der Waals surface area contributed by atoms with Crippen molar-refractivity contribution < 1.29 is 33.6 Å². The Hall–Kier alpha value is -4.18. The SMILES string of the molecule is CSCCC(NC(=O)C(CC(C)C)NC(=O)CNC(=O)C(NC(=O)C(Cc1ccccc1)NC(=O)C(N)CCC(N)=O)C(C)C)C(N)=O. The lowest BCUT2D eigenvalue weighted by molar-refractivity contribution is -0.134. The van der Waals surface area contributed by atoms with Gasteiger partial charge in [-0.3, -0.25) is 33.6 Å². The van der Waals surface area contributed by atoms with E-state index in [0.717, 1.165) is 5.56 Å². The zero-order valence-corrected chi connectivity index (χ0v) is 29.2. The predicted octanol–water partition coefficient (Wildman–Crippen LogP) is -1.18. The number of hydrogen-bond donors (Lipinski definition) is 8. The second kappa shape index (κ2) is 21.6. The molecule has 48 heavy (non-hydrogen) atoms. The van der Waals surface area contributed by atoms with Gasteiger partial charge >= 0.3 is 0 Å². The van der Waals surface area contributed by atoms with E-state index in [9.17, 15) is 33.6 Å². The first-order valence-electron chi connectivity index (χ1n) is 15.9. The highest BCUT2D eigenvalue weighted by Crippen LogP contribution is 2.09. The standard InChI is InChI=1S/C32H52N8O7S/c1-18(2)15-23(30(45)38-22(28(35)43)13-14-48-5)37-26(42)17-36-32(47)27(19(3)4)40-31(46)24(16-20-9-7-6-8-10-20)39-29(44)21(33)11-12-25(34)41/h6-10,18-19,21-24,27H,11-17,33H2,1-5H3,(H2,34,41)(H2,35,43)(H,36,47)(H,37,42)(H,38,45)(H,39,44)(H,40,46). The molecule has 0 spiro atoms. The molecule has 1 aromatic rings. The second-order valence-electron chi connectivity index (χ2n) is 12.3. The minimum atomic E-state index is -1.12. The van der Waals surface area contributed by atoms with Gasteiger partial charge in [-0.1, -0.05) is 58.0 Å². The molecule has 0 aliphatic carbocycles. The van der Waals surface area contributed by atoms with Crippen LogP contribution in [0.4, 0.5) is 0 Å². The number of amides is 7. The van der Waals surface area contributed by atoms with E-state index in [1.165, 1.54) is 11.8 Å². The molecule has 5 atom stereocenters. The van der Waals surface area contributed by atoms with E-state index in [2.05, 4.69) is 26.6 Å². The zero-order chi connectivity index (χ0) is 36.4. The maximum atomic E-state index is 13.5. The zero-order valence-electron chi connectivity index (χ0n) is 28.4. The molecule has 0 saturated heterocycles.